The van der Waals surface area contributed by atoms with Crippen LogP contribution < -0.4 is 20.4 Å². The average Bonchev–Trinajstić information content (AvgIpc) is 3.78. The molecule has 260 valence electrons. The van der Waals surface area contributed by atoms with Gasteiger partial charge >= 0.3 is 0 Å². The molecule has 1 saturated heterocycles. The molecule has 1 fully saturated rings. The van der Waals surface area contributed by atoms with Crippen molar-refractivity contribution in [1.82, 2.24) is 5.32 Å². The number of ether oxygens (including phenoxy) is 1. The van der Waals surface area contributed by atoms with Crippen molar-refractivity contribution in [3.05, 3.63) is 57.2 Å². The van der Waals surface area contributed by atoms with Crippen molar-refractivity contribution < 1.29 is 54.2 Å². The zero-order valence-electron chi connectivity index (χ0n) is 27.2. The zero-order valence-corrected chi connectivity index (χ0v) is 27.2. The number of aliphatic imine (C=N–C) groups is 1. The Morgan fingerprint density at radius 1 is 1.15 bits per heavy atom. The van der Waals surface area contributed by atoms with E-state index in [4.69, 9.17) is 24.0 Å². The molecule has 2 aromatic rings. The summed E-state index contributed by atoms with van der Waals surface area (Å²) in [5, 5.41) is 52.7. The normalized spacial score (nSPS) is 28.7. The van der Waals surface area contributed by atoms with E-state index in [2.05, 4.69) is 17.2 Å². The summed E-state index contributed by atoms with van der Waals surface area (Å²) in [4.78, 5) is 42.1. The van der Waals surface area contributed by atoms with E-state index in [0.717, 1.165) is 22.6 Å². The van der Waals surface area contributed by atoms with E-state index in [-0.39, 0.29) is 29.7 Å². The number of rotatable bonds is 13. The van der Waals surface area contributed by atoms with Gasteiger partial charge in [-0.1, -0.05) is 6.92 Å². The highest BCUT2D eigenvalue weighted by Crippen LogP contribution is 2.45. The summed E-state index contributed by atoms with van der Waals surface area (Å²) in [6.07, 6.45) is 0.622. The van der Waals surface area contributed by atoms with Crippen LogP contribution in [-0.4, -0.2) is 99.6 Å². The maximum Gasteiger partial charge on any atom is 0.222 e. The molecule has 0 saturated carbocycles. The highest BCUT2D eigenvalue weighted by molar-refractivity contribution is 5.90. The maximum absolute atomic E-state index is 13.4. The molecule has 0 bridgehead atoms. The topological polar surface area (TPSA) is 205 Å². The van der Waals surface area contributed by atoms with Gasteiger partial charge in [0.1, 0.15) is 66.4 Å². The summed E-state index contributed by atoms with van der Waals surface area (Å²) in [6, 6.07) is 3.20. The van der Waals surface area contributed by atoms with Gasteiger partial charge in [0.05, 0.1) is 12.0 Å². The van der Waals surface area contributed by atoms with Gasteiger partial charge in [-0.05, 0) is 44.7 Å². The van der Waals surface area contributed by atoms with Crippen molar-refractivity contribution in [2.45, 2.75) is 95.0 Å². The predicted molar refractivity (Wildman–Crippen MR) is 172 cm³/mol. The molecule has 48 heavy (non-hydrogen) atoms. The van der Waals surface area contributed by atoms with Crippen molar-refractivity contribution in [3.63, 3.8) is 0 Å². The van der Waals surface area contributed by atoms with Crippen LogP contribution in [0, 0.1) is 12.8 Å². The van der Waals surface area contributed by atoms with Gasteiger partial charge in [-0.3, -0.25) is 19.5 Å². The largest absolute Gasteiger partial charge is 0.478 e. The van der Waals surface area contributed by atoms with Crippen LogP contribution in [0.4, 0.5) is 5.69 Å². The number of carbonyl (C=O) groups excluding carboxylic acids is 1. The molecule has 5 heterocycles. The van der Waals surface area contributed by atoms with Crippen LogP contribution >= 0.6 is 0 Å². The first-order chi connectivity index (χ1) is 22.9. The van der Waals surface area contributed by atoms with Crippen LogP contribution in [0.15, 0.2) is 49.9 Å². The Bertz CT molecular complexity index is 1700. The third-order valence-electron chi connectivity index (χ3n) is 9.96. The summed E-state index contributed by atoms with van der Waals surface area (Å²) in [5.74, 6) is 1.12. The Balaban J connectivity index is 1.36. The first-order valence-corrected chi connectivity index (χ1v) is 16.4. The fraction of sp³-hybridized carbons (Fsp3) is 0.559. The Kier molecular flexibility index (Phi) is 9.89. The van der Waals surface area contributed by atoms with E-state index in [1.165, 1.54) is 6.07 Å². The first-order valence-electron chi connectivity index (χ1n) is 16.4. The third kappa shape index (κ3) is 6.46. The summed E-state index contributed by atoms with van der Waals surface area (Å²) in [7, 11) is 0. The van der Waals surface area contributed by atoms with Gasteiger partial charge in [-0.25, -0.2) is 9.78 Å². The lowest BCUT2D eigenvalue weighted by Crippen LogP contribution is -3.05. The predicted octanol–water partition coefficient (Wildman–Crippen LogP) is -0.375. The van der Waals surface area contributed by atoms with E-state index in [1.54, 1.807) is 19.2 Å². The number of aliphatic hydroxyl groups excluding tert-OH is 5. The fourth-order valence-corrected chi connectivity index (χ4v) is 7.13. The van der Waals surface area contributed by atoms with Crippen molar-refractivity contribution in [2.75, 3.05) is 19.8 Å². The molecule has 9 atom stereocenters. The summed E-state index contributed by atoms with van der Waals surface area (Å²) in [5.41, 5.74) is 2.54. The smallest absolute Gasteiger partial charge is 0.222 e. The van der Waals surface area contributed by atoms with Gasteiger partial charge in [0, 0.05) is 49.2 Å². The fourth-order valence-electron chi connectivity index (χ4n) is 7.13. The maximum atomic E-state index is 13.4. The molecule has 4 aliphatic heterocycles. The molecule has 14 heteroatoms. The number of carbonyl (C=O) groups is 1. The number of amides is 1. The number of nitrogens with one attached hydrogen (secondary N) is 2. The molecule has 1 aromatic heterocycles. The van der Waals surface area contributed by atoms with Crippen LogP contribution in [0.1, 0.15) is 50.9 Å². The number of allylic oxidation sites excluding steroid dienone is 1. The van der Waals surface area contributed by atoms with Gasteiger partial charge in [0.25, 0.3) is 0 Å². The number of hydrogen-bond donors (Lipinski definition) is 7. The molecule has 6 rings (SSSR count). The molecule has 0 aliphatic carbocycles. The minimum absolute atomic E-state index is 0.00151. The number of benzene rings is 1. The lowest BCUT2D eigenvalue weighted by Gasteiger charge is -2.42. The Morgan fingerprint density at radius 2 is 1.92 bits per heavy atom. The molecular formula is C34H44N3O11+. The van der Waals surface area contributed by atoms with E-state index in [0.29, 0.717) is 59.5 Å². The molecular weight excluding hydrogens is 626 g/mol. The van der Waals surface area contributed by atoms with Crippen LogP contribution in [0.5, 0.6) is 5.75 Å². The number of nitrogens with zero attached hydrogens (tertiary/aromatic N) is 1. The monoisotopic (exact) mass is 670 g/mol. The molecule has 14 nitrogen and oxygen atoms in total. The minimum atomic E-state index is -1.82. The highest BCUT2D eigenvalue weighted by atomic mass is 17.2. The molecule has 2 unspecified atom stereocenters. The Hall–Kier alpha value is -3.47. The average molecular weight is 671 g/mol. The molecule has 1 aromatic carbocycles. The van der Waals surface area contributed by atoms with E-state index in [9.17, 15) is 30.0 Å². The molecule has 7 N–H and O–H groups in total. The van der Waals surface area contributed by atoms with Crippen molar-refractivity contribution in [1.29, 1.82) is 0 Å². The van der Waals surface area contributed by atoms with Crippen molar-refractivity contribution in [2.24, 2.45) is 10.9 Å². The molecule has 0 radical (unpaired) electrons. The van der Waals surface area contributed by atoms with Gasteiger partial charge in [0.15, 0.2) is 11.2 Å². The Morgan fingerprint density at radius 3 is 2.62 bits per heavy atom. The van der Waals surface area contributed by atoms with E-state index < -0.39 is 49.3 Å². The van der Waals surface area contributed by atoms with Crippen LogP contribution in [-0.2, 0) is 21.0 Å². The summed E-state index contributed by atoms with van der Waals surface area (Å²) < 4.78 is 13.2. The zero-order chi connectivity index (χ0) is 34.3. The van der Waals surface area contributed by atoms with Crippen LogP contribution in [0.3, 0.4) is 0 Å². The van der Waals surface area contributed by atoms with Crippen LogP contribution in [0.2, 0.25) is 0 Å². The number of fused-ring (bicyclic) bond motifs is 3. The van der Waals surface area contributed by atoms with E-state index in [1.807, 2.05) is 19.2 Å². The summed E-state index contributed by atoms with van der Waals surface area (Å²) in [6.45, 7) is 4.89. The van der Waals surface area contributed by atoms with Crippen LogP contribution in [0.25, 0.3) is 11.0 Å². The lowest BCUT2D eigenvalue weighted by atomic mass is 9.83. The quantitative estimate of drug-likeness (QED) is 0.108. The van der Waals surface area contributed by atoms with Gasteiger partial charge in [0.2, 0.25) is 17.2 Å². The Labute approximate surface area is 276 Å². The van der Waals surface area contributed by atoms with Gasteiger partial charge < -0.3 is 40.0 Å². The van der Waals surface area contributed by atoms with Gasteiger partial charge in [-0.2, -0.15) is 0 Å². The van der Waals surface area contributed by atoms with E-state index >= 15 is 0 Å². The lowest BCUT2D eigenvalue weighted by molar-refractivity contribution is -0.793. The molecule has 4 aliphatic rings. The van der Waals surface area contributed by atoms with Gasteiger partial charge in [-0.15, -0.1) is 0 Å². The summed E-state index contributed by atoms with van der Waals surface area (Å²) >= 11 is 0. The third-order valence-corrected chi connectivity index (χ3v) is 9.96. The number of quaternary nitrogens is 1. The SMILES string of the molecule is CCC1C2=CC=NC2=C[NH+]1c1c2c(cc3c(=O)cc(C)oc13)C[C@@H](OOC[C@H](O)[C@@H](O)[C@H](O)[C@H](O)CO)[C@@](C)(CC[C@@H]1CNC(=O)C1)O2. The standard InChI is InChI=1S/C34H43N3O11/c1-4-23-20-6-8-35-22(20)14-37(23)29-32-19(11-21-24(39)9-17(2)46-33(21)29)12-27(34(3,47-32)7-5-18-10-28(42)36-13-18)48-45-16-26(41)31(44)30(43)25(40)15-38/h6,8-9,11,14,18,23,25-27,30-31,38,40-41,43-44H,4-5,7,10,12-13,15-16H2,1-3H3,(H,36,42)/p+1/t18-,23?,25+,26-,27+,30+,31+,34+/m0/s1. The molecule has 0 spiro atoms. The highest BCUT2D eigenvalue weighted by Gasteiger charge is 2.48. The van der Waals surface area contributed by atoms with Crippen molar-refractivity contribution >= 4 is 28.8 Å². The number of aryl methyl sites for hydroxylation is 1. The molecule has 1 amide bonds. The second-order valence-electron chi connectivity index (χ2n) is 13.4. The minimum Gasteiger partial charge on any atom is -0.478 e. The first kappa shape index (κ1) is 34.4. The van der Waals surface area contributed by atoms with Crippen molar-refractivity contribution in [3.8, 4) is 5.75 Å². The number of hydrogen-bond acceptors (Lipinski definition) is 12. The second-order valence-corrected chi connectivity index (χ2v) is 13.4. The second kappa shape index (κ2) is 13.8. The number of aliphatic hydroxyl groups is 5.